The number of amides is 3. The fourth-order valence-electron chi connectivity index (χ4n) is 4.24. The number of benzene rings is 3. The molecule has 0 aromatic heterocycles. The molecule has 1 aliphatic heterocycles. The van der Waals surface area contributed by atoms with Gasteiger partial charge in [0, 0.05) is 30.0 Å². The zero-order valence-corrected chi connectivity index (χ0v) is 17.2. The molecule has 5 nitrogen and oxygen atoms in total. The summed E-state index contributed by atoms with van der Waals surface area (Å²) in [4.78, 5) is 29.4. The predicted octanol–water partition coefficient (Wildman–Crippen LogP) is 5.61. The van der Waals surface area contributed by atoms with Crippen LogP contribution < -0.4 is 15.1 Å². The maximum absolute atomic E-state index is 13.5. The van der Waals surface area contributed by atoms with Crippen LogP contribution in [0.4, 0.5) is 21.9 Å². The first-order chi connectivity index (χ1) is 14.6. The fourth-order valence-corrected chi connectivity index (χ4v) is 4.24. The van der Waals surface area contributed by atoms with Gasteiger partial charge in [-0.25, -0.2) is 4.79 Å². The summed E-state index contributed by atoms with van der Waals surface area (Å²) in [6, 6.07) is 26.5. The lowest BCUT2D eigenvalue weighted by Crippen LogP contribution is -2.48. The van der Waals surface area contributed by atoms with Gasteiger partial charge in [0.25, 0.3) is 0 Å². The fraction of sp³-hybridized carbons (Fsp3) is 0.200. The summed E-state index contributed by atoms with van der Waals surface area (Å²) < 4.78 is 0. The van der Waals surface area contributed by atoms with Crippen LogP contribution in [0.25, 0.3) is 0 Å². The third-order valence-electron chi connectivity index (χ3n) is 5.49. The summed E-state index contributed by atoms with van der Waals surface area (Å²) in [5.41, 5.74) is 3.39. The van der Waals surface area contributed by atoms with Crippen molar-refractivity contribution in [2.45, 2.75) is 32.4 Å². The lowest BCUT2D eigenvalue weighted by molar-refractivity contribution is -0.117. The zero-order valence-electron chi connectivity index (χ0n) is 17.2. The molecule has 1 heterocycles. The van der Waals surface area contributed by atoms with Gasteiger partial charge >= 0.3 is 6.03 Å². The number of anilines is 3. The van der Waals surface area contributed by atoms with E-state index in [-0.39, 0.29) is 24.0 Å². The molecule has 3 aromatic rings. The van der Waals surface area contributed by atoms with Gasteiger partial charge in [-0.3, -0.25) is 9.69 Å². The Morgan fingerprint density at radius 2 is 1.50 bits per heavy atom. The van der Waals surface area contributed by atoms with Gasteiger partial charge in [0.2, 0.25) is 5.91 Å². The smallest absolute Gasteiger partial charge is 0.309 e. The van der Waals surface area contributed by atoms with Crippen LogP contribution >= 0.6 is 0 Å². The molecular weight excluding hydrogens is 374 g/mol. The highest BCUT2D eigenvalue weighted by Crippen LogP contribution is 2.42. The Balaban J connectivity index is 1.78. The van der Waals surface area contributed by atoms with E-state index in [1.165, 1.54) is 0 Å². The average molecular weight is 399 g/mol. The second-order valence-corrected chi connectivity index (χ2v) is 7.55. The highest BCUT2D eigenvalue weighted by Gasteiger charge is 2.37. The first-order valence-electron chi connectivity index (χ1n) is 10.2. The normalized spacial score (nSPS) is 17.7. The van der Waals surface area contributed by atoms with E-state index in [9.17, 15) is 9.59 Å². The van der Waals surface area contributed by atoms with E-state index in [2.05, 4.69) is 5.32 Å². The van der Waals surface area contributed by atoms with Crippen LogP contribution in [0.1, 0.15) is 31.9 Å². The molecule has 4 rings (SSSR count). The Labute approximate surface area is 176 Å². The second kappa shape index (κ2) is 8.41. The van der Waals surface area contributed by atoms with E-state index >= 15 is 0 Å². The minimum absolute atomic E-state index is 0.00778. The van der Waals surface area contributed by atoms with Gasteiger partial charge in [-0.1, -0.05) is 54.6 Å². The van der Waals surface area contributed by atoms with Crippen LogP contribution in [-0.4, -0.2) is 18.0 Å². The van der Waals surface area contributed by atoms with Crippen molar-refractivity contribution in [2.75, 3.05) is 15.1 Å². The molecule has 0 fully saturated rings. The summed E-state index contributed by atoms with van der Waals surface area (Å²) in [5, 5.41) is 3.02. The summed E-state index contributed by atoms with van der Waals surface area (Å²) in [5.74, 6) is 0.00778. The third kappa shape index (κ3) is 3.79. The van der Waals surface area contributed by atoms with Crippen LogP contribution in [0.3, 0.4) is 0 Å². The summed E-state index contributed by atoms with van der Waals surface area (Å²) >= 11 is 0. The number of carbonyl (C=O) groups is 2. The topological polar surface area (TPSA) is 52.7 Å². The van der Waals surface area contributed by atoms with Gasteiger partial charge in [0.05, 0.1) is 6.04 Å². The maximum atomic E-state index is 13.5. The molecule has 1 aliphatic rings. The van der Waals surface area contributed by atoms with Crippen LogP contribution in [0.2, 0.25) is 0 Å². The van der Waals surface area contributed by atoms with E-state index in [0.717, 1.165) is 22.6 Å². The van der Waals surface area contributed by atoms with E-state index < -0.39 is 0 Å². The molecular formula is C25H25N3O2. The minimum Gasteiger partial charge on any atom is -0.309 e. The first kappa shape index (κ1) is 19.7. The molecule has 0 aliphatic carbocycles. The number of hydrogen-bond acceptors (Lipinski definition) is 2. The molecule has 0 radical (unpaired) electrons. The van der Waals surface area contributed by atoms with Crippen LogP contribution in [0, 0.1) is 0 Å². The van der Waals surface area contributed by atoms with E-state index in [4.69, 9.17) is 0 Å². The molecule has 0 saturated heterocycles. The molecule has 0 bridgehead atoms. The van der Waals surface area contributed by atoms with Crippen molar-refractivity contribution >= 4 is 29.0 Å². The molecule has 2 atom stereocenters. The summed E-state index contributed by atoms with van der Waals surface area (Å²) in [6.07, 6.45) is 0.647. The Kier molecular flexibility index (Phi) is 5.53. The Morgan fingerprint density at radius 1 is 0.900 bits per heavy atom. The molecule has 1 N–H and O–H groups in total. The minimum atomic E-state index is -0.198. The molecule has 152 valence electrons. The predicted molar refractivity (Wildman–Crippen MR) is 121 cm³/mol. The van der Waals surface area contributed by atoms with Crippen molar-refractivity contribution in [3.63, 3.8) is 0 Å². The van der Waals surface area contributed by atoms with E-state index in [0.29, 0.717) is 6.42 Å². The number of nitrogens with zero attached hydrogens (tertiary/aromatic N) is 2. The largest absolute Gasteiger partial charge is 0.326 e. The highest BCUT2D eigenvalue weighted by molar-refractivity contribution is 6.03. The van der Waals surface area contributed by atoms with Crippen LogP contribution in [0.5, 0.6) is 0 Å². The first-order valence-corrected chi connectivity index (χ1v) is 10.2. The lowest BCUT2D eigenvalue weighted by Gasteiger charge is -2.43. The lowest BCUT2D eigenvalue weighted by atomic mass is 9.90. The maximum Gasteiger partial charge on any atom is 0.326 e. The van der Waals surface area contributed by atoms with E-state index in [1.807, 2.05) is 96.8 Å². The van der Waals surface area contributed by atoms with Crippen molar-refractivity contribution in [1.29, 1.82) is 0 Å². The highest BCUT2D eigenvalue weighted by atomic mass is 16.2. The molecule has 3 amide bonds. The number of rotatable bonds is 3. The Hall–Kier alpha value is -3.60. The van der Waals surface area contributed by atoms with Crippen molar-refractivity contribution in [2.24, 2.45) is 0 Å². The van der Waals surface area contributed by atoms with E-state index in [1.54, 1.807) is 11.8 Å². The van der Waals surface area contributed by atoms with Gasteiger partial charge in [-0.2, -0.15) is 0 Å². The molecule has 0 spiro atoms. The van der Waals surface area contributed by atoms with Gasteiger partial charge in [-0.15, -0.1) is 0 Å². The van der Waals surface area contributed by atoms with Gasteiger partial charge in [0.15, 0.2) is 0 Å². The second-order valence-electron chi connectivity index (χ2n) is 7.55. The molecule has 3 aromatic carbocycles. The van der Waals surface area contributed by atoms with Crippen molar-refractivity contribution in [1.82, 2.24) is 0 Å². The van der Waals surface area contributed by atoms with Crippen LogP contribution in [0.15, 0.2) is 84.9 Å². The molecule has 30 heavy (non-hydrogen) atoms. The van der Waals surface area contributed by atoms with Crippen LogP contribution in [-0.2, 0) is 4.79 Å². The van der Waals surface area contributed by atoms with Crippen molar-refractivity contribution in [3.8, 4) is 0 Å². The average Bonchev–Trinajstić information content (AvgIpc) is 2.75. The van der Waals surface area contributed by atoms with Crippen molar-refractivity contribution in [3.05, 3.63) is 90.5 Å². The quantitative estimate of drug-likeness (QED) is 0.622. The van der Waals surface area contributed by atoms with Gasteiger partial charge in [0.1, 0.15) is 0 Å². The molecule has 0 saturated carbocycles. The number of hydrogen-bond donors (Lipinski definition) is 1. The summed E-state index contributed by atoms with van der Waals surface area (Å²) in [6.45, 7) is 3.62. The zero-order chi connectivity index (χ0) is 21.1. The van der Waals surface area contributed by atoms with Crippen molar-refractivity contribution < 1.29 is 9.59 Å². The number of carbonyl (C=O) groups excluding carboxylic acids is 2. The number of nitrogens with one attached hydrogen (secondary N) is 1. The Morgan fingerprint density at radius 3 is 2.17 bits per heavy atom. The summed E-state index contributed by atoms with van der Waals surface area (Å²) in [7, 11) is 0. The number of para-hydroxylation sites is 3. The SMILES string of the molecule is CC(=O)N1c2ccccc2[C@@H](N(C(=O)Nc2ccccc2)c2ccccc2)C[C@@H]1C. The monoisotopic (exact) mass is 399 g/mol. The Bertz CT molecular complexity index is 1040. The third-order valence-corrected chi connectivity index (χ3v) is 5.49. The molecule has 5 heteroatoms. The van der Waals surface area contributed by atoms with Gasteiger partial charge in [-0.05, 0) is 49.2 Å². The molecule has 0 unspecified atom stereocenters. The number of fused-ring (bicyclic) bond motifs is 1. The standard InChI is InChI=1S/C25H25N3O2/c1-18-17-24(22-15-9-10-16-23(22)27(18)19(2)29)28(21-13-7-4-8-14-21)25(30)26-20-11-5-3-6-12-20/h3-16,18,24H,17H2,1-2H3,(H,26,30)/t18-,24-/m0/s1. The number of urea groups is 1. The van der Waals surface area contributed by atoms with Gasteiger partial charge < -0.3 is 10.2 Å².